The van der Waals surface area contributed by atoms with Crippen LogP contribution >= 0.6 is 0 Å². The van der Waals surface area contributed by atoms with E-state index in [1.54, 1.807) is 0 Å². The molecule has 1 aromatic heterocycles. The second-order valence-electron chi connectivity index (χ2n) is 49.5. The Balaban J connectivity index is 0.000000205. The minimum atomic E-state index is -0.453. The Morgan fingerprint density at radius 1 is 0.278 bits per heavy atom. The van der Waals surface area contributed by atoms with Crippen LogP contribution in [0.4, 0.5) is 33.6 Å². The Morgan fingerprint density at radius 2 is 0.604 bits per heavy atom. The molecule has 11 unspecified atom stereocenters. The van der Waals surface area contributed by atoms with Gasteiger partial charge in [0, 0.05) is 122 Å². The third-order valence-corrected chi connectivity index (χ3v) is 27.6. The third-order valence-electron chi connectivity index (χ3n) is 27.6. The summed E-state index contributed by atoms with van der Waals surface area (Å²) in [6.45, 7) is 67.9. The normalized spacial score (nSPS) is 23.3. The number of likely N-dealkylation sites (tertiary alicyclic amines) is 7. The van der Waals surface area contributed by atoms with Gasteiger partial charge in [0.15, 0.2) is 0 Å². The highest BCUT2D eigenvalue weighted by Gasteiger charge is 2.46. The van der Waals surface area contributed by atoms with E-state index in [-0.39, 0.29) is 89.5 Å². The summed E-state index contributed by atoms with van der Waals surface area (Å²) in [4.78, 5) is 104. The van der Waals surface area contributed by atoms with Gasteiger partial charge in [0.2, 0.25) is 0 Å². The number of piperidine rings is 7. The van der Waals surface area contributed by atoms with Crippen molar-refractivity contribution in [1.82, 2.24) is 39.3 Å². The van der Waals surface area contributed by atoms with Gasteiger partial charge in [-0.15, -0.1) is 0 Å². The number of carbonyl (C=O) groups is 7. The first-order valence-corrected chi connectivity index (χ1v) is 53.2. The fourth-order valence-corrected chi connectivity index (χ4v) is 20.4. The van der Waals surface area contributed by atoms with Crippen LogP contribution in [0.5, 0.6) is 0 Å². The molecule has 0 N–H and O–H groups in total. The maximum atomic E-state index is 12.5. The van der Waals surface area contributed by atoms with E-state index in [1.165, 1.54) is 33.4 Å². The molecule has 144 heavy (non-hydrogen) atoms. The molecule has 14 rings (SSSR count). The zero-order chi connectivity index (χ0) is 107. The van der Waals surface area contributed by atoms with Crippen molar-refractivity contribution in [2.24, 2.45) is 0 Å². The van der Waals surface area contributed by atoms with Gasteiger partial charge in [-0.3, -0.25) is 4.98 Å². The summed E-state index contributed by atoms with van der Waals surface area (Å²) >= 11 is 0. The maximum Gasteiger partial charge on any atom is 0.410 e. The lowest BCUT2D eigenvalue weighted by atomic mass is 9.79. The number of nitrogens with zero attached hydrogens (tertiary/aromatic N) is 8. The van der Waals surface area contributed by atoms with Crippen molar-refractivity contribution < 1.29 is 66.7 Å². The summed E-state index contributed by atoms with van der Waals surface area (Å²) in [7, 11) is 0. The predicted molar refractivity (Wildman–Crippen MR) is 582 cm³/mol. The molecule has 0 aliphatic carbocycles. The summed E-state index contributed by atoms with van der Waals surface area (Å²) in [5.41, 5.74) is 5.56. The Hall–Kier alpha value is -10.6. The summed E-state index contributed by atoms with van der Waals surface area (Å²) < 4.78 is 38.7. The maximum absolute atomic E-state index is 12.5. The topological polar surface area (TPSA) is 220 Å². The lowest BCUT2D eigenvalue weighted by Gasteiger charge is -2.45. The number of aromatic nitrogens is 1. The average molecular weight is 1980 g/mol. The van der Waals surface area contributed by atoms with Gasteiger partial charge >= 0.3 is 42.7 Å². The van der Waals surface area contributed by atoms with E-state index in [9.17, 15) is 33.6 Å². The van der Waals surface area contributed by atoms with Gasteiger partial charge in [-0.2, -0.15) is 0 Å². The first kappa shape index (κ1) is 119. The number of hydrogen-bond acceptors (Lipinski definition) is 15. The van der Waals surface area contributed by atoms with E-state index in [4.69, 9.17) is 33.2 Å². The smallest absolute Gasteiger partial charge is 0.410 e. The standard InChI is InChI=1S/3C18H27NO2.C17H26N2O2.3C17H25NO2/c1-13-11-16(15-9-7-6-8-10-15)12-14(2)19(13)17(20)21-18(3,4)5;1-17(2,3)21-16(20)19-12-11-15(13-18(19,4)5)14-9-7-6-8-10-14;1-17(2,3)21-16(20)19-13-15(11-12-18(19,4)5)14-9-7-6-8-10-14;1-16(2,3)21-15(20)19-11-9-13(12-17(19,4)5)14-8-6-7-10-18-14;1-13-15(14-9-6-5-7-10-14)11-8-12-18(13)16(19)20-17(2,3)4;1-13-12-15(14-8-6-5-7-9-14)10-11-18(13)16(19)20-17(2,3)4;1-13-10-11-15(14-8-6-5-7-9-14)12-18(13)16(19)20-17(2,3)4/h6-10,13-14,16H,11-12H2,1-5H3;2*6-10,15H,11-13H2,1-5H3;6-8,10,13H,9,11-12H2,1-5H3;5-7,9-10,13,15H,8,11-12H2,1-4H3;2*5-9,13,15H,10-12H2,1-4H3. The molecule has 0 saturated carbocycles. The van der Waals surface area contributed by atoms with Crippen molar-refractivity contribution in [2.75, 3.05) is 39.3 Å². The predicted octanol–water partition coefficient (Wildman–Crippen LogP) is 30.3. The van der Waals surface area contributed by atoms with Gasteiger partial charge in [0.1, 0.15) is 39.2 Å². The molecular formula is C122H182N8O14. The quantitative estimate of drug-likeness (QED) is 0.135. The average Bonchev–Trinajstić information content (AvgIpc) is 0.796. The molecule has 0 radical (unpaired) electrons. The Morgan fingerprint density at radius 3 is 1.00 bits per heavy atom. The lowest BCUT2D eigenvalue weighted by Crippen LogP contribution is -2.54. The zero-order valence-electron chi connectivity index (χ0n) is 94.0. The molecule has 8 heterocycles. The van der Waals surface area contributed by atoms with Crippen LogP contribution in [0, 0.1) is 0 Å². The number of hydrogen-bond donors (Lipinski definition) is 0. The Bertz CT molecular complexity index is 4860. The molecule has 0 spiro atoms. The Labute approximate surface area is 867 Å². The summed E-state index contributed by atoms with van der Waals surface area (Å²) in [5.74, 6) is 3.20. The molecule has 22 heteroatoms. The number of pyridine rings is 1. The molecule has 7 fully saturated rings. The number of benzene rings is 6. The van der Waals surface area contributed by atoms with Crippen LogP contribution in [0.3, 0.4) is 0 Å². The van der Waals surface area contributed by atoms with Crippen molar-refractivity contribution in [1.29, 1.82) is 0 Å². The number of amides is 7. The van der Waals surface area contributed by atoms with Crippen molar-refractivity contribution in [2.45, 2.75) is 439 Å². The van der Waals surface area contributed by atoms with Crippen molar-refractivity contribution >= 4 is 42.7 Å². The second-order valence-corrected chi connectivity index (χ2v) is 49.5. The summed E-state index contributed by atoms with van der Waals surface area (Å²) in [5, 5.41) is 0. The minimum Gasteiger partial charge on any atom is -0.444 e. The van der Waals surface area contributed by atoms with Crippen LogP contribution < -0.4 is 0 Å². The van der Waals surface area contributed by atoms with Crippen molar-refractivity contribution in [3.05, 3.63) is 245 Å². The molecule has 11 atom stereocenters. The molecular weight excluding hydrogens is 1800 g/mol. The van der Waals surface area contributed by atoms with Crippen LogP contribution in [-0.4, -0.2) is 207 Å². The highest BCUT2D eigenvalue weighted by Crippen LogP contribution is 2.44. The van der Waals surface area contributed by atoms with Crippen LogP contribution in [0.25, 0.3) is 0 Å². The van der Waals surface area contributed by atoms with Gasteiger partial charge in [-0.25, -0.2) is 33.6 Å². The van der Waals surface area contributed by atoms with E-state index < -0.39 is 39.2 Å². The van der Waals surface area contributed by atoms with E-state index in [0.717, 1.165) is 128 Å². The second kappa shape index (κ2) is 51.6. The van der Waals surface area contributed by atoms with Crippen LogP contribution in [0.1, 0.15) is 392 Å². The molecule has 7 aliphatic heterocycles. The lowest BCUT2D eigenvalue weighted by molar-refractivity contribution is -0.0108. The summed E-state index contributed by atoms with van der Waals surface area (Å²) in [6.07, 6.45) is 14.7. The highest BCUT2D eigenvalue weighted by molar-refractivity contribution is 5.73. The van der Waals surface area contributed by atoms with Gasteiger partial charge in [0.25, 0.3) is 0 Å². The number of ether oxygens (including phenoxy) is 7. The first-order valence-electron chi connectivity index (χ1n) is 53.2. The van der Waals surface area contributed by atoms with E-state index in [1.807, 2.05) is 234 Å². The molecule has 6 aromatic carbocycles. The first-order chi connectivity index (χ1) is 67.0. The molecule has 7 aliphatic rings. The van der Waals surface area contributed by atoms with Gasteiger partial charge in [0.05, 0.1) is 0 Å². The molecule has 0 bridgehead atoms. The monoisotopic (exact) mass is 1980 g/mol. The van der Waals surface area contributed by atoms with Crippen LogP contribution in [-0.2, 0) is 33.2 Å². The molecule has 794 valence electrons. The minimum absolute atomic E-state index is 0.145. The fraction of sp³-hybridized carbons (Fsp3) is 0.607. The van der Waals surface area contributed by atoms with Gasteiger partial charge in [-0.1, -0.05) is 188 Å². The van der Waals surface area contributed by atoms with Crippen LogP contribution in [0.15, 0.2) is 206 Å². The van der Waals surface area contributed by atoms with Crippen LogP contribution in [0.2, 0.25) is 0 Å². The molecule has 7 saturated heterocycles. The molecule has 7 amide bonds. The molecule has 22 nitrogen and oxygen atoms in total. The van der Waals surface area contributed by atoms with Crippen molar-refractivity contribution in [3.63, 3.8) is 0 Å². The van der Waals surface area contributed by atoms with E-state index >= 15 is 0 Å². The Kier molecular flexibility index (Phi) is 42.5. The SMILES string of the molecule is CC(C)(C)OC(=O)N1CC(c2ccccc2)CCC1(C)C.CC(C)(C)OC(=O)N1CCC(c2ccccc2)CC1(C)C.CC(C)(C)OC(=O)N1CCC(c2ccccn2)CC1(C)C.CC1C(c2ccccc2)CCCN1C(=O)OC(C)(C)C.CC1CC(c2ccccc2)CC(C)N1C(=O)OC(C)(C)C.CC1CC(c2ccccc2)CCN1C(=O)OC(C)(C)C.CC1CCC(c2ccccc2)CN1C(=O)OC(C)(C)C. The van der Waals surface area contributed by atoms with Gasteiger partial charge in [-0.05, 0) is 375 Å². The fourth-order valence-electron chi connectivity index (χ4n) is 20.4. The number of rotatable bonds is 7. The van der Waals surface area contributed by atoms with Gasteiger partial charge < -0.3 is 67.5 Å². The number of carbonyl (C=O) groups excluding carboxylic acids is 7. The van der Waals surface area contributed by atoms with E-state index in [0.29, 0.717) is 48.0 Å². The largest absolute Gasteiger partial charge is 0.444 e. The highest BCUT2D eigenvalue weighted by atomic mass is 16.6. The third kappa shape index (κ3) is 38.6. The van der Waals surface area contributed by atoms with Crippen molar-refractivity contribution in [3.8, 4) is 0 Å². The zero-order valence-corrected chi connectivity index (χ0v) is 94.0. The summed E-state index contributed by atoms with van der Waals surface area (Å²) in [6, 6.07) is 70.2. The van der Waals surface area contributed by atoms with E-state index in [2.05, 4.69) is 233 Å². The molecule has 7 aromatic rings.